The number of nitrogens with one attached hydrogen (secondary N) is 1. The number of halogens is 3. The second-order valence-corrected chi connectivity index (χ2v) is 7.70. The van der Waals surface area contributed by atoms with Crippen molar-refractivity contribution in [2.24, 2.45) is 0 Å². The Morgan fingerprint density at radius 1 is 1.16 bits per heavy atom. The van der Waals surface area contributed by atoms with E-state index >= 15 is 0 Å². The quantitative estimate of drug-likeness (QED) is 0.662. The lowest BCUT2D eigenvalue weighted by Crippen LogP contribution is -2.52. The Morgan fingerprint density at radius 3 is 2.56 bits per heavy atom. The highest BCUT2D eigenvalue weighted by Crippen LogP contribution is 2.29. The van der Waals surface area contributed by atoms with E-state index in [2.05, 4.69) is 25.5 Å². The van der Waals surface area contributed by atoms with Crippen molar-refractivity contribution in [3.63, 3.8) is 0 Å². The Kier molecular flexibility index (Phi) is 5.81. The van der Waals surface area contributed by atoms with E-state index in [1.165, 1.54) is 23.3 Å². The van der Waals surface area contributed by atoms with E-state index in [1.54, 1.807) is 24.0 Å². The molecule has 168 valence electrons. The Hall–Kier alpha value is -3.50. The van der Waals surface area contributed by atoms with Crippen LogP contribution in [0.2, 0.25) is 0 Å². The molecular formula is C21H22F3N7O. The molecule has 1 amide bonds. The molecule has 0 aliphatic carbocycles. The summed E-state index contributed by atoms with van der Waals surface area (Å²) in [5, 5.41) is 11.4. The lowest BCUT2D eigenvalue weighted by Gasteiger charge is -2.40. The van der Waals surface area contributed by atoms with Crippen molar-refractivity contribution in [1.82, 2.24) is 29.9 Å². The van der Waals surface area contributed by atoms with Gasteiger partial charge in [0.25, 0.3) is 5.91 Å². The van der Waals surface area contributed by atoms with Crippen molar-refractivity contribution >= 4 is 11.7 Å². The lowest BCUT2D eigenvalue weighted by atomic mass is 9.96. The lowest BCUT2D eigenvalue weighted by molar-refractivity contribution is -0.137. The minimum atomic E-state index is -4.44. The number of piperidine rings is 1. The molecule has 0 aromatic carbocycles. The topological polar surface area (TPSA) is 88.8 Å². The number of anilines is 1. The molecule has 0 bridgehead atoms. The zero-order valence-corrected chi connectivity index (χ0v) is 17.5. The summed E-state index contributed by atoms with van der Waals surface area (Å²) >= 11 is 0. The molecular weight excluding hydrogens is 423 g/mol. The van der Waals surface area contributed by atoms with Gasteiger partial charge in [-0.1, -0.05) is 0 Å². The predicted molar refractivity (Wildman–Crippen MR) is 110 cm³/mol. The number of alkyl halides is 3. The molecule has 11 heteroatoms. The predicted octanol–water partition coefficient (Wildman–Crippen LogP) is 3.49. The zero-order valence-electron chi connectivity index (χ0n) is 17.5. The van der Waals surface area contributed by atoms with Crippen molar-refractivity contribution in [2.75, 3.05) is 11.9 Å². The van der Waals surface area contributed by atoms with Crippen molar-refractivity contribution in [2.45, 2.75) is 44.9 Å². The minimum Gasteiger partial charge on any atom is -0.365 e. The summed E-state index contributed by atoms with van der Waals surface area (Å²) < 4.78 is 38.3. The monoisotopic (exact) mass is 445 g/mol. The Bertz CT molecular complexity index is 1080. The molecule has 0 saturated carbocycles. The van der Waals surface area contributed by atoms with Gasteiger partial charge in [-0.05, 0) is 51.0 Å². The van der Waals surface area contributed by atoms with E-state index in [9.17, 15) is 18.0 Å². The molecule has 1 aliphatic heterocycles. The number of pyridine rings is 2. The van der Waals surface area contributed by atoms with Gasteiger partial charge in [0.1, 0.15) is 11.5 Å². The normalized spacial score (nSPS) is 19.1. The number of likely N-dealkylation sites (tertiary alicyclic amines) is 1. The molecule has 1 N–H and O–H groups in total. The zero-order chi connectivity index (χ0) is 22.9. The fourth-order valence-electron chi connectivity index (χ4n) is 3.80. The van der Waals surface area contributed by atoms with Crippen LogP contribution in [-0.2, 0) is 6.18 Å². The van der Waals surface area contributed by atoms with E-state index in [-0.39, 0.29) is 23.7 Å². The summed E-state index contributed by atoms with van der Waals surface area (Å²) in [4.78, 5) is 24.9. The first-order valence-corrected chi connectivity index (χ1v) is 10.2. The number of aromatic nitrogens is 5. The fraction of sp³-hybridized carbons (Fsp3) is 0.381. The van der Waals surface area contributed by atoms with E-state index < -0.39 is 11.7 Å². The van der Waals surface area contributed by atoms with Crippen LogP contribution in [0, 0.1) is 6.92 Å². The summed E-state index contributed by atoms with van der Waals surface area (Å²) in [5.74, 6) is 0.0830. The van der Waals surface area contributed by atoms with Gasteiger partial charge in [-0.2, -0.15) is 23.4 Å². The van der Waals surface area contributed by atoms with Crippen molar-refractivity contribution in [3.8, 4) is 5.69 Å². The molecule has 32 heavy (non-hydrogen) atoms. The number of rotatable bonds is 4. The highest BCUT2D eigenvalue weighted by atomic mass is 19.4. The Labute approximate surface area is 182 Å². The molecule has 0 spiro atoms. The van der Waals surface area contributed by atoms with Gasteiger partial charge >= 0.3 is 6.18 Å². The molecule has 3 aromatic heterocycles. The largest absolute Gasteiger partial charge is 0.417 e. The van der Waals surface area contributed by atoms with Crippen LogP contribution in [0.25, 0.3) is 5.69 Å². The van der Waals surface area contributed by atoms with Crippen LogP contribution < -0.4 is 5.32 Å². The Balaban J connectivity index is 1.54. The maximum atomic E-state index is 13.5. The van der Waals surface area contributed by atoms with Gasteiger partial charge in [-0.15, -0.1) is 4.80 Å². The molecule has 2 atom stereocenters. The second-order valence-electron chi connectivity index (χ2n) is 7.70. The highest BCUT2D eigenvalue weighted by Gasteiger charge is 2.34. The minimum absolute atomic E-state index is 0.173. The number of carbonyl (C=O) groups is 1. The SMILES string of the molecule is Cc1ccc(-n2nccn2)c(C(=O)N2CCC[C@H](Nc3ccc(C(F)(F)F)cn3)[C@H]2C)n1. The molecule has 4 heterocycles. The standard InChI is InChI=1S/C21H22F3N7O/c1-13-5-7-17(31-26-9-10-27-31)19(28-13)20(32)30-11-3-4-16(14(30)2)29-18-8-6-15(12-25-18)21(22,23)24/h5-10,12,14,16H,3-4,11H2,1-2H3,(H,25,29)/t14-,16+/m1/s1. The van der Waals surface area contributed by atoms with Gasteiger partial charge in [0.05, 0.1) is 18.0 Å². The maximum Gasteiger partial charge on any atom is 0.417 e. The number of carbonyl (C=O) groups excluding carboxylic acids is 1. The molecule has 1 fully saturated rings. The third kappa shape index (κ3) is 4.41. The molecule has 3 aromatic rings. The summed E-state index contributed by atoms with van der Waals surface area (Å²) in [5.41, 5.74) is 0.623. The van der Waals surface area contributed by atoms with Gasteiger partial charge < -0.3 is 10.2 Å². The first-order chi connectivity index (χ1) is 15.2. The summed E-state index contributed by atoms with van der Waals surface area (Å²) in [6.07, 6.45) is 0.898. The third-order valence-electron chi connectivity index (χ3n) is 5.52. The average molecular weight is 445 g/mol. The van der Waals surface area contributed by atoms with Crippen LogP contribution in [0.15, 0.2) is 42.9 Å². The van der Waals surface area contributed by atoms with Gasteiger partial charge in [0.15, 0.2) is 5.69 Å². The smallest absolute Gasteiger partial charge is 0.365 e. The van der Waals surface area contributed by atoms with E-state index in [0.29, 0.717) is 23.7 Å². The molecule has 4 rings (SSSR count). The van der Waals surface area contributed by atoms with E-state index in [4.69, 9.17) is 0 Å². The van der Waals surface area contributed by atoms with E-state index in [1.807, 2.05) is 6.92 Å². The first kappa shape index (κ1) is 21.7. The summed E-state index contributed by atoms with van der Waals surface area (Å²) in [7, 11) is 0. The molecule has 0 unspecified atom stereocenters. The van der Waals surface area contributed by atoms with Crippen LogP contribution >= 0.6 is 0 Å². The average Bonchev–Trinajstić information content (AvgIpc) is 3.29. The molecule has 1 aliphatic rings. The fourth-order valence-corrected chi connectivity index (χ4v) is 3.80. The van der Waals surface area contributed by atoms with Crippen LogP contribution in [0.1, 0.15) is 41.5 Å². The number of nitrogens with zero attached hydrogens (tertiary/aromatic N) is 6. The second kappa shape index (κ2) is 8.56. The summed E-state index contributed by atoms with van der Waals surface area (Å²) in [6.45, 7) is 4.25. The number of hydrogen-bond donors (Lipinski definition) is 1. The maximum absolute atomic E-state index is 13.5. The number of amides is 1. The van der Waals surface area contributed by atoms with Crippen molar-refractivity contribution < 1.29 is 18.0 Å². The Morgan fingerprint density at radius 2 is 1.91 bits per heavy atom. The number of hydrogen-bond acceptors (Lipinski definition) is 6. The van der Waals surface area contributed by atoms with Crippen LogP contribution in [0.4, 0.5) is 19.0 Å². The van der Waals surface area contributed by atoms with Crippen LogP contribution in [0.5, 0.6) is 0 Å². The van der Waals surface area contributed by atoms with Gasteiger partial charge in [0.2, 0.25) is 0 Å². The van der Waals surface area contributed by atoms with E-state index in [0.717, 1.165) is 25.1 Å². The van der Waals surface area contributed by atoms with Gasteiger partial charge in [-0.3, -0.25) is 4.79 Å². The van der Waals surface area contributed by atoms with Gasteiger partial charge in [-0.25, -0.2) is 9.97 Å². The molecule has 8 nitrogen and oxygen atoms in total. The van der Waals surface area contributed by atoms with Crippen LogP contribution in [0.3, 0.4) is 0 Å². The third-order valence-corrected chi connectivity index (χ3v) is 5.52. The first-order valence-electron chi connectivity index (χ1n) is 10.2. The number of aryl methyl sites for hydroxylation is 1. The van der Waals surface area contributed by atoms with Crippen LogP contribution in [-0.4, -0.2) is 54.4 Å². The summed E-state index contributed by atoms with van der Waals surface area (Å²) in [6, 6.07) is 5.43. The highest BCUT2D eigenvalue weighted by molar-refractivity contribution is 5.96. The van der Waals surface area contributed by atoms with Crippen molar-refractivity contribution in [3.05, 3.63) is 59.8 Å². The molecule has 0 radical (unpaired) electrons. The van der Waals surface area contributed by atoms with Crippen molar-refractivity contribution in [1.29, 1.82) is 0 Å². The van der Waals surface area contributed by atoms with Gasteiger partial charge in [0, 0.05) is 30.5 Å². The molecule has 1 saturated heterocycles.